The Bertz CT molecular complexity index is 375. The normalized spacial score (nSPS) is 17.9. The largest absolute Gasteiger partial charge is 0.493 e. The Kier molecular flexibility index (Phi) is 3.43. The van der Waals surface area contributed by atoms with Gasteiger partial charge in [-0.2, -0.15) is 0 Å². The number of likely N-dealkylation sites (tertiary alicyclic amines) is 1. The van der Waals surface area contributed by atoms with Crippen molar-refractivity contribution in [2.45, 2.75) is 26.2 Å². The minimum absolute atomic E-state index is 0.191. The maximum atomic E-state index is 5.87. The second-order valence-corrected chi connectivity index (χ2v) is 6.18. The molecule has 0 amide bonds. The molecule has 1 aromatic rings. The van der Waals surface area contributed by atoms with Crippen LogP contribution in [0, 0.1) is 5.92 Å². The molecule has 1 heterocycles. The number of rotatable bonds is 3. The van der Waals surface area contributed by atoms with E-state index < -0.39 is 0 Å². The molecule has 2 rings (SSSR count). The summed E-state index contributed by atoms with van der Waals surface area (Å²) in [7, 11) is 2.15. The Hall–Kier alpha value is -1.02. The van der Waals surface area contributed by atoms with Gasteiger partial charge in [-0.15, -0.1) is 0 Å². The molecule has 0 aromatic heterocycles. The monoisotopic (exact) mass is 233 g/mol. The molecule has 0 spiro atoms. The molecule has 1 fully saturated rings. The highest BCUT2D eigenvalue weighted by Gasteiger charge is 2.23. The molecule has 0 radical (unpaired) electrons. The lowest BCUT2D eigenvalue weighted by Crippen LogP contribution is -2.46. The topological polar surface area (TPSA) is 12.5 Å². The van der Waals surface area contributed by atoms with E-state index in [0.717, 1.165) is 12.4 Å². The van der Waals surface area contributed by atoms with Crippen LogP contribution >= 0.6 is 0 Å². The van der Waals surface area contributed by atoms with Gasteiger partial charge in [0.15, 0.2) is 0 Å². The maximum absolute atomic E-state index is 5.87. The Morgan fingerprint density at radius 3 is 2.59 bits per heavy atom. The molecule has 1 saturated heterocycles. The number of benzene rings is 1. The van der Waals surface area contributed by atoms with Crippen molar-refractivity contribution in [2.75, 3.05) is 26.7 Å². The van der Waals surface area contributed by atoms with Crippen LogP contribution < -0.4 is 4.74 Å². The molecule has 1 aliphatic heterocycles. The van der Waals surface area contributed by atoms with Crippen LogP contribution in [0.25, 0.3) is 0 Å². The standard InChI is InChI=1S/C15H23NO/c1-15(2,3)13-6-5-7-14(8-13)17-11-12-9-16(4)10-12/h5-8,12H,9-11H2,1-4H3. The molecule has 0 unspecified atom stereocenters. The predicted molar refractivity (Wildman–Crippen MR) is 71.6 cm³/mol. The molecule has 1 aliphatic rings. The third kappa shape index (κ3) is 3.22. The van der Waals surface area contributed by atoms with E-state index in [0.29, 0.717) is 5.92 Å². The van der Waals surface area contributed by atoms with Crippen LogP contribution in [-0.2, 0) is 5.41 Å². The van der Waals surface area contributed by atoms with Crippen LogP contribution in [0.1, 0.15) is 26.3 Å². The summed E-state index contributed by atoms with van der Waals surface area (Å²) in [6, 6.07) is 8.48. The first-order valence-corrected chi connectivity index (χ1v) is 6.37. The predicted octanol–water partition coefficient (Wildman–Crippen LogP) is 2.92. The maximum Gasteiger partial charge on any atom is 0.119 e. The fourth-order valence-electron chi connectivity index (χ4n) is 2.20. The van der Waals surface area contributed by atoms with E-state index in [4.69, 9.17) is 4.74 Å². The van der Waals surface area contributed by atoms with E-state index in [-0.39, 0.29) is 5.41 Å². The molecule has 2 heteroatoms. The van der Waals surface area contributed by atoms with Crippen LogP contribution in [0.4, 0.5) is 0 Å². The van der Waals surface area contributed by atoms with Crippen molar-refractivity contribution in [3.63, 3.8) is 0 Å². The summed E-state index contributed by atoms with van der Waals surface area (Å²) in [5, 5.41) is 0. The van der Waals surface area contributed by atoms with Crippen molar-refractivity contribution in [1.82, 2.24) is 4.90 Å². The van der Waals surface area contributed by atoms with Gasteiger partial charge < -0.3 is 9.64 Å². The van der Waals surface area contributed by atoms with Crippen molar-refractivity contribution in [2.24, 2.45) is 5.92 Å². The fraction of sp³-hybridized carbons (Fsp3) is 0.600. The van der Waals surface area contributed by atoms with Crippen LogP contribution in [0.5, 0.6) is 5.75 Å². The van der Waals surface area contributed by atoms with Crippen molar-refractivity contribution in [1.29, 1.82) is 0 Å². The molecule has 0 saturated carbocycles. The van der Waals surface area contributed by atoms with Crippen molar-refractivity contribution in [3.05, 3.63) is 29.8 Å². The van der Waals surface area contributed by atoms with Crippen molar-refractivity contribution < 1.29 is 4.74 Å². The van der Waals surface area contributed by atoms with Gasteiger partial charge in [-0.05, 0) is 30.2 Å². The van der Waals surface area contributed by atoms with Crippen LogP contribution in [0.15, 0.2) is 24.3 Å². The average Bonchev–Trinajstić information content (AvgIpc) is 2.22. The Morgan fingerprint density at radius 2 is 2.00 bits per heavy atom. The number of hydrogen-bond donors (Lipinski definition) is 0. The molecule has 17 heavy (non-hydrogen) atoms. The van der Waals surface area contributed by atoms with Gasteiger partial charge in [0.1, 0.15) is 5.75 Å². The molecular weight excluding hydrogens is 210 g/mol. The summed E-state index contributed by atoms with van der Waals surface area (Å²) in [5.74, 6) is 1.71. The van der Waals surface area contributed by atoms with Gasteiger partial charge in [0.05, 0.1) is 6.61 Å². The molecule has 2 nitrogen and oxygen atoms in total. The van der Waals surface area contributed by atoms with E-state index in [9.17, 15) is 0 Å². The summed E-state index contributed by atoms with van der Waals surface area (Å²) in [6.07, 6.45) is 0. The lowest BCUT2D eigenvalue weighted by Gasteiger charge is -2.35. The zero-order chi connectivity index (χ0) is 12.5. The van der Waals surface area contributed by atoms with Gasteiger partial charge in [0, 0.05) is 19.0 Å². The molecule has 0 atom stereocenters. The lowest BCUT2D eigenvalue weighted by atomic mass is 9.87. The third-order valence-corrected chi connectivity index (χ3v) is 3.33. The number of ether oxygens (including phenoxy) is 1. The first-order chi connectivity index (χ1) is 7.95. The van der Waals surface area contributed by atoms with Crippen LogP contribution in [0.3, 0.4) is 0 Å². The quantitative estimate of drug-likeness (QED) is 0.796. The first kappa shape index (κ1) is 12.4. The summed E-state index contributed by atoms with van der Waals surface area (Å²) in [6.45, 7) is 9.86. The highest BCUT2D eigenvalue weighted by atomic mass is 16.5. The zero-order valence-corrected chi connectivity index (χ0v) is 11.4. The highest BCUT2D eigenvalue weighted by molar-refractivity contribution is 5.32. The third-order valence-electron chi connectivity index (χ3n) is 3.33. The number of hydrogen-bond acceptors (Lipinski definition) is 2. The molecule has 1 aromatic carbocycles. The van der Waals surface area contributed by atoms with Gasteiger partial charge in [-0.3, -0.25) is 0 Å². The van der Waals surface area contributed by atoms with Gasteiger partial charge in [0.2, 0.25) is 0 Å². The van der Waals surface area contributed by atoms with Crippen LogP contribution in [-0.4, -0.2) is 31.6 Å². The minimum atomic E-state index is 0.191. The van der Waals surface area contributed by atoms with E-state index >= 15 is 0 Å². The molecular formula is C15H23NO. The summed E-state index contributed by atoms with van der Waals surface area (Å²) in [5.41, 5.74) is 1.52. The van der Waals surface area contributed by atoms with Crippen molar-refractivity contribution >= 4 is 0 Å². The van der Waals surface area contributed by atoms with E-state index in [1.165, 1.54) is 18.7 Å². The van der Waals surface area contributed by atoms with E-state index in [1.807, 2.05) is 0 Å². The van der Waals surface area contributed by atoms with Gasteiger partial charge in [-0.25, -0.2) is 0 Å². The minimum Gasteiger partial charge on any atom is -0.493 e. The smallest absolute Gasteiger partial charge is 0.119 e. The Balaban J connectivity index is 1.92. The average molecular weight is 233 g/mol. The Morgan fingerprint density at radius 1 is 1.29 bits per heavy atom. The van der Waals surface area contributed by atoms with Gasteiger partial charge >= 0.3 is 0 Å². The lowest BCUT2D eigenvalue weighted by molar-refractivity contribution is 0.0857. The Labute approximate surface area is 105 Å². The highest BCUT2D eigenvalue weighted by Crippen LogP contribution is 2.26. The van der Waals surface area contributed by atoms with Gasteiger partial charge in [0.25, 0.3) is 0 Å². The first-order valence-electron chi connectivity index (χ1n) is 6.37. The van der Waals surface area contributed by atoms with Crippen LogP contribution in [0.2, 0.25) is 0 Å². The summed E-state index contributed by atoms with van der Waals surface area (Å²) < 4.78 is 5.87. The van der Waals surface area contributed by atoms with Crippen molar-refractivity contribution in [3.8, 4) is 5.75 Å². The summed E-state index contributed by atoms with van der Waals surface area (Å²) >= 11 is 0. The zero-order valence-electron chi connectivity index (χ0n) is 11.4. The fourth-order valence-corrected chi connectivity index (χ4v) is 2.20. The SMILES string of the molecule is CN1CC(COc2cccc(C(C)(C)C)c2)C1. The molecule has 94 valence electrons. The molecule has 0 N–H and O–H groups in total. The molecule has 0 bridgehead atoms. The number of nitrogens with zero attached hydrogens (tertiary/aromatic N) is 1. The van der Waals surface area contributed by atoms with E-state index in [2.05, 4.69) is 57.0 Å². The van der Waals surface area contributed by atoms with E-state index in [1.54, 1.807) is 0 Å². The summed E-state index contributed by atoms with van der Waals surface area (Å²) in [4.78, 5) is 2.32. The molecule has 0 aliphatic carbocycles. The van der Waals surface area contributed by atoms with Gasteiger partial charge in [-0.1, -0.05) is 32.9 Å². The second kappa shape index (κ2) is 4.69. The second-order valence-electron chi connectivity index (χ2n) is 6.18.